The molecule has 0 radical (unpaired) electrons. The molecule has 0 saturated heterocycles. The number of ether oxygens (including phenoxy) is 1. The van der Waals surface area contributed by atoms with Crippen LogP contribution in [0.25, 0.3) is 0 Å². The molecule has 20 heavy (non-hydrogen) atoms. The van der Waals surface area contributed by atoms with Gasteiger partial charge in [0.2, 0.25) is 0 Å². The van der Waals surface area contributed by atoms with E-state index in [1.54, 1.807) is 0 Å². The van der Waals surface area contributed by atoms with Crippen molar-refractivity contribution in [3.8, 4) is 0 Å². The van der Waals surface area contributed by atoms with Crippen molar-refractivity contribution in [2.75, 3.05) is 20.7 Å². The Hall–Kier alpha value is -0.0800. The van der Waals surface area contributed by atoms with Crippen molar-refractivity contribution in [3.63, 3.8) is 0 Å². The molecule has 0 amide bonds. The maximum absolute atomic E-state index is 5.61. The molecular weight excluding hydrogens is 246 g/mol. The Labute approximate surface area is 127 Å². The van der Waals surface area contributed by atoms with Gasteiger partial charge in [0, 0.05) is 13.7 Å². The minimum atomic E-state index is 0.0155. The van der Waals surface area contributed by atoms with Gasteiger partial charge in [0.1, 0.15) is 0 Å². The predicted molar refractivity (Wildman–Crippen MR) is 88.1 cm³/mol. The second-order valence-electron chi connectivity index (χ2n) is 8.63. The molecule has 1 rings (SSSR count). The summed E-state index contributed by atoms with van der Waals surface area (Å²) in [6, 6.07) is 0. The second kappa shape index (κ2) is 6.79. The molecule has 1 saturated carbocycles. The highest BCUT2D eigenvalue weighted by molar-refractivity contribution is 4.91. The number of methoxy groups -OCH3 is 1. The number of rotatable bonds is 6. The Morgan fingerprint density at radius 2 is 1.65 bits per heavy atom. The molecule has 0 unspecified atom stereocenters. The molecule has 0 aliphatic heterocycles. The Kier molecular flexibility index (Phi) is 6.10. The zero-order chi connectivity index (χ0) is 15.4. The second-order valence-corrected chi connectivity index (χ2v) is 8.63. The van der Waals surface area contributed by atoms with Crippen molar-refractivity contribution in [3.05, 3.63) is 0 Å². The van der Waals surface area contributed by atoms with Crippen molar-refractivity contribution in [2.24, 2.45) is 16.7 Å². The van der Waals surface area contributed by atoms with Crippen LogP contribution in [0.15, 0.2) is 0 Å². The minimum absolute atomic E-state index is 0.0155. The third-order valence-corrected chi connectivity index (χ3v) is 5.63. The van der Waals surface area contributed by atoms with Gasteiger partial charge in [-0.1, -0.05) is 20.8 Å². The molecule has 2 heteroatoms. The monoisotopic (exact) mass is 283 g/mol. The van der Waals surface area contributed by atoms with Gasteiger partial charge >= 0.3 is 0 Å². The van der Waals surface area contributed by atoms with Crippen LogP contribution >= 0.6 is 0 Å². The lowest BCUT2D eigenvalue weighted by Gasteiger charge is -2.45. The lowest BCUT2D eigenvalue weighted by molar-refractivity contribution is -0.00624. The van der Waals surface area contributed by atoms with Crippen LogP contribution in [0.3, 0.4) is 0 Å². The summed E-state index contributed by atoms with van der Waals surface area (Å²) in [7, 11) is 3.93. The fourth-order valence-corrected chi connectivity index (χ4v) is 3.65. The van der Waals surface area contributed by atoms with Gasteiger partial charge in [-0.3, -0.25) is 0 Å². The van der Waals surface area contributed by atoms with E-state index in [9.17, 15) is 0 Å². The van der Waals surface area contributed by atoms with Crippen LogP contribution in [-0.2, 0) is 4.74 Å². The van der Waals surface area contributed by atoms with E-state index in [1.807, 2.05) is 7.11 Å². The van der Waals surface area contributed by atoms with Gasteiger partial charge < -0.3 is 10.1 Å². The first-order valence-electron chi connectivity index (χ1n) is 8.34. The van der Waals surface area contributed by atoms with Gasteiger partial charge in [0.15, 0.2) is 0 Å². The summed E-state index contributed by atoms with van der Waals surface area (Å²) in [6.07, 6.45) is 7.96. The van der Waals surface area contributed by atoms with Crippen molar-refractivity contribution in [2.45, 2.75) is 78.7 Å². The highest BCUT2D eigenvalue weighted by Gasteiger charge is 2.39. The average molecular weight is 284 g/mol. The van der Waals surface area contributed by atoms with E-state index in [2.05, 4.69) is 47.0 Å². The molecule has 0 aromatic heterocycles. The lowest BCUT2D eigenvalue weighted by atomic mass is 9.62. The molecule has 1 aliphatic carbocycles. The lowest BCUT2D eigenvalue weighted by Crippen LogP contribution is -2.40. The normalized spacial score (nSPS) is 28.6. The standard InChI is InChI=1S/C18H37NO/c1-16(2,3)15-8-10-18(11-9-15,14-19-6)13-12-17(4,5)20-7/h15,19H,8-14H2,1-7H3. The van der Waals surface area contributed by atoms with Crippen LogP contribution in [0.2, 0.25) is 0 Å². The first kappa shape index (κ1) is 18.0. The van der Waals surface area contributed by atoms with E-state index in [1.165, 1.54) is 32.1 Å². The highest BCUT2D eigenvalue weighted by atomic mass is 16.5. The molecule has 0 spiro atoms. The summed E-state index contributed by atoms with van der Waals surface area (Å²) in [5.74, 6) is 0.892. The fraction of sp³-hybridized carbons (Fsp3) is 1.00. The van der Waals surface area contributed by atoms with Crippen LogP contribution in [0, 0.1) is 16.7 Å². The molecule has 1 fully saturated rings. The van der Waals surface area contributed by atoms with Crippen molar-refractivity contribution < 1.29 is 4.74 Å². The third-order valence-electron chi connectivity index (χ3n) is 5.63. The van der Waals surface area contributed by atoms with E-state index in [0.29, 0.717) is 10.8 Å². The van der Waals surface area contributed by atoms with Crippen molar-refractivity contribution in [1.29, 1.82) is 0 Å². The molecule has 2 nitrogen and oxygen atoms in total. The Bertz CT molecular complexity index is 282. The molecule has 120 valence electrons. The summed E-state index contributed by atoms with van der Waals surface area (Å²) in [6.45, 7) is 12.8. The first-order valence-corrected chi connectivity index (χ1v) is 8.34. The topological polar surface area (TPSA) is 21.3 Å². The largest absolute Gasteiger partial charge is 0.379 e. The van der Waals surface area contributed by atoms with Crippen LogP contribution in [0.5, 0.6) is 0 Å². The van der Waals surface area contributed by atoms with Gasteiger partial charge in [0.05, 0.1) is 5.60 Å². The van der Waals surface area contributed by atoms with Crippen molar-refractivity contribution >= 4 is 0 Å². The number of hydrogen-bond acceptors (Lipinski definition) is 2. The molecule has 1 N–H and O–H groups in total. The van der Waals surface area contributed by atoms with E-state index in [0.717, 1.165) is 18.9 Å². The van der Waals surface area contributed by atoms with Gasteiger partial charge in [-0.15, -0.1) is 0 Å². The quantitative estimate of drug-likeness (QED) is 0.767. The molecular formula is C18H37NO. The van der Waals surface area contributed by atoms with Crippen LogP contribution in [0.1, 0.15) is 73.1 Å². The SMILES string of the molecule is CNCC1(CCC(C)(C)OC)CCC(C(C)(C)C)CC1. The summed E-state index contributed by atoms with van der Waals surface area (Å²) < 4.78 is 5.61. The number of hydrogen-bond donors (Lipinski definition) is 1. The fourth-order valence-electron chi connectivity index (χ4n) is 3.65. The average Bonchev–Trinajstić information content (AvgIpc) is 2.37. The Morgan fingerprint density at radius 1 is 1.10 bits per heavy atom. The van der Waals surface area contributed by atoms with Gasteiger partial charge in [-0.05, 0) is 76.2 Å². The van der Waals surface area contributed by atoms with E-state index >= 15 is 0 Å². The summed E-state index contributed by atoms with van der Waals surface area (Å²) >= 11 is 0. The maximum atomic E-state index is 5.61. The zero-order valence-electron chi connectivity index (χ0n) is 14.9. The van der Waals surface area contributed by atoms with Gasteiger partial charge in [-0.25, -0.2) is 0 Å². The van der Waals surface area contributed by atoms with Crippen LogP contribution in [-0.4, -0.2) is 26.3 Å². The summed E-state index contributed by atoms with van der Waals surface area (Å²) in [4.78, 5) is 0. The molecule has 0 aromatic carbocycles. The van der Waals surface area contributed by atoms with Crippen molar-refractivity contribution in [1.82, 2.24) is 5.32 Å². The van der Waals surface area contributed by atoms with Gasteiger partial charge in [0.25, 0.3) is 0 Å². The van der Waals surface area contributed by atoms with Gasteiger partial charge in [-0.2, -0.15) is 0 Å². The molecule has 1 aliphatic rings. The highest BCUT2D eigenvalue weighted by Crippen LogP contribution is 2.47. The third kappa shape index (κ3) is 5.04. The Morgan fingerprint density at radius 3 is 2.05 bits per heavy atom. The minimum Gasteiger partial charge on any atom is -0.379 e. The van der Waals surface area contributed by atoms with E-state index in [4.69, 9.17) is 4.74 Å². The molecule has 0 bridgehead atoms. The van der Waals surface area contributed by atoms with E-state index < -0.39 is 0 Å². The molecule has 0 aromatic rings. The maximum Gasteiger partial charge on any atom is 0.0623 e. The van der Waals surface area contributed by atoms with Crippen LogP contribution < -0.4 is 5.32 Å². The summed E-state index contributed by atoms with van der Waals surface area (Å²) in [5.41, 5.74) is 0.978. The molecule has 0 atom stereocenters. The van der Waals surface area contributed by atoms with Crippen LogP contribution in [0.4, 0.5) is 0 Å². The number of nitrogens with one attached hydrogen (secondary N) is 1. The van der Waals surface area contributed by atoms with E-state index in [-0.39, 0.29) is 5.60 Å². The smallest absolute Gasteiger partial charge is 0.0623 e. The zero-order valence-corrected chi connectivity index (χ0v) is 14.9. The Balaban J connectivity index is 2.62. The predicted octanol–water partition coefficient (Wildman–Crippen LogP) is 4.63. The molecule has 0 heterocycles. The first-order chi connectivity index (χ1) is 9.14. The summed E-state index contributed by atoms with van der Waals surface area (Å²) in [5, 5.41) is 3.45.